The summed E-state index contributed by atoms with van der Waals surface area (Å²) in [4.78, 5) is 13.9. The maximum Gasteiger partial charge on any atom is 0.388 e. The Kier molecular flexibility index (Phi) is 1.26. The highest BCUT2D eigenvalue weighted by Crippen LogP contribution is 1.75. The monoisotopic (exact) mass is 126 g/mol. The number of nitrogens with zero attached hydrogens (tertiary/aromatic N) is 4. The van der Waals surface area contributed by atoms with Gasteiger partial charge in [-0.25, -0.2) is 9.48 Å². The summed E-state index contributed by atoms with van der Waals surface area (Å²) in [5.74, 6) is 0.565. The van der Waals surface area contributed by atoms with Crippen LogP contribution in [0.5, 0.6) is 0 Å². The molecule has 9 heavy (non-hydrogen) atoms. The molecule has 0 spiro atoms. The van der Waals surface area contributed by atoms with Crippen molar-refractivity contribution >= 4 is 0 Å². The largest absolute Gasteiger partial charge is 0.388 e. The van der Waals surface area contributed by atoms with Crippen molar-refractivity contribution < 1.29 is 0 Å². The molecule has 0 amide bonds. The minimum Gasteiger partial charge on any atom is -0.242 e. The van der Waals surface area contributed by atoms with E-state index in [2.05, 4.69) is 15.3 Å². The zero-order chi connectivity index (χ0) is 6.85. The number of aryl methyl sites for hydroxylation is 2. The first-order valence-corrected chi connectivity index (χ1v) is 2.45. The number of rotatable bonds is 0. The summed E-state index contributed by atoms with van der Waals surface area (Å²) in [5.41, 5.74) is -0.536. The molecule has 0 saturated carbocycles. The Hall–Kier alpha value is -1.26. The lowest BCUT2D eigenvalue weighted by molar-refractivity contribution is 0.595. The van der Waals surface area contributed by atoms with Crippen molar-refractivity contribution in [1.29, 1.82) is 0 Å². The van der Waals surface area contributed by atoms with Crippen LogP contribution < -0.4 is 5.69 Å². The van der Waals surface area contributed by atoms with Crippen LogP contribution in [-0.4, -0.2) is 20.0 Å². The highest BCUT2D eigenvalue weighted by atomic mass is 16.1. The highest BCUT2D eigenvalue weighted by Gasteiger charge is 1.91. The molecule has 0 aliphatic heterocycles. The average Bonchev–Trinajstić information content (AvgIpc) is 1.80. The van der Waals surface area contributed by atoms with Gasteiger partial charge in [-0.1, -0.05) is 10.3 Å². The van der Waals surface area contributed by atoms with Crippen LogP contribution in [-0.2, 0) is 7.05 Å². The van der Waals surface area contributed by atoms with Gasteiger partial charge in [-0.15, -0.1) is 0 Å². The van der Waals surface area contributed by atoms with Crippen molar-refractivity contribution in [3.05, 3.63) is 16.3 Å². The minimum absolute atomic E-state index is 0.536. The van der Waals surface area contributed by atoms with Gasteiger partial charge in [0.05, 0.1) is 0 Å². The molecule has 0 aromatic carbocycles. The summed E-state index contributed by atoms with van der Waals surface area (Å²) in [6.07, 6.45) is 0. The molecule has 5 nitrogen and oxygen atoms in total. The molecule has 0 aliphatic carbocycles. The first kappa shape index (κ1) is 5.87. The van der Waals surface area contributed by atoms with Crippen molar-refractivity contribution in [3.8, 4) is 0 Å². The lowest BCUT2D eigenvalue weighted by Crippen LogP contribution is -2.19. The zero-order valence-electron chi connectivity index (χ0n) is 5.20. The second-order valence-corrected chi connectivity index (χ2v) is 1.65. The third-order valence-electron chi connectivity index (χ3n) is 0.990. The summed E-state index contributed by atoms with van der Waals surface area (Å²) in [6, 6.07) is 0. The van der Waals surface area contributed by atoms with Crippen molar-refractivity contribution in [1.82, 2.24) is 20.0 Å². The first-order valence-electron chi connectivity index (χ1n) is 2.45. The smallest absolute Gasteiger partial charge is 0.242 e. The highest BCUT2D eigenvalue weighted by molar-refractivity contribution is 4.73. The topological polar surface area (TPSA) is 60.7 Å². The molecule has 1 aromatic heterocycles. The summed E-state index contributed by atoms with van der Waals surface area (Å²) in [5, 5.41) is 6.66. The minimum atomic E-state index is -0.536. The molecule has 0 saturated heterocycles. The summed E-state index contributed by atoms with van der Waals surface area (Å²) >= 11 is 0. The van der Waals surface area contributed by atoms with E-state index in [-0.39, 0.29) is 0 Å². The third kappa shape index (κ3) is 1.10. The Balaban J connectivity index is 3.34. The van der Waals surface area contributed by atoms with Crippen LogP contribution in [0.25, 0.3) is 0 Å². The van der Waals surface area contributed by atoms with E-state index in [4.69, 9.17) is 0 Å². The predicted molar refractivity (Wildman–Crippen MR) is 29.8 cm³/mol. The standard InChI is InChI=1S/C4H6N4O/c1-3-5-4(9)6-7-8(3)2/h1-2H3. The molecule has 0 fully saturated rings. The Morgan fingerprint density at radius 1 is 1.56 bits per heavy atom. The van der Waals surface area contributed by atoms with E-state index < -0.39 is 5.69 Å². The Morgan fingerprint density at radius 3 is 2.67 bits per heavy atom. The molecule has 0 aliphatic rings. The Labute approximate surface area is 51.3 Å². The van der Waals surface area contributed by atoms with Crippen molar-refractivity contribution in [2.24, 2.45) is 7.05 Å². The van der Waals surface area contributed by atoms with Gasteiger partial charge in [-0.3, -0.25) is 0 Å². The van der Waals surface area contributed by atoms with E-state index in [9.17, 15) is 4.79 Å². The van der Waals surface area contributed by atoms with Crippen LogP contribution in [0.2, 0.25) is 0 Å². The summed E-state index contributed by atoms with van der Waals surface area (Å²) in [7, 11) is 1.68. The van der Waals surface area contributed by atoms with E-state index >= 15 is 0 Å². The van der Waals surface area contributed by atoms with Gasteiger partial charge in [-0.2, -0.15) is 4.98 Å². The maximum atomic E-state index is 10.3. The van der Waals surface area contributed by atoms with Crippen LogP contribution in [0.3, 0.4) is 0 Å². The van der Waals surface area contributed by atoms with Gasteiger partial charge < -0.3 is 0 Å². The summed E-state index contributed by atoms with van der Waals surface area (Å²) in [6.45, 7) is 1.69. The number of aromatic nitrogens is 4. The van der Waals surface area contributed by atoms with Gasteiger partial charge >= 0.3 is 5.69 Å². The fourth-order valence-electron chi connectivity index (χ4n) is 0.403. The van der Waals surface area contributed by atoms with E-state index in [1.807, 2.05) is 0 Å². The SMILES string of the molecule is Cc1nc(=O)nnn1C. The molecule has 1 heterocycles. The molecule has 0 N–H and O–H groups in total. The summed E-state index contributed by atoms with van der Waals surface area (Å²) < 4.78 is 1.43. The number of hydrogen-bond donors (Lipinski definition) is 0. The maximum absolute atomic E-state index is 10.3. The molecular formula is C4H6N4O. The quantitative estimate of drug-likeness (QED) is 0.441. The molecule has 0 bridgehead atoms. The van der Waals surface area contributed by atoms with Crippen molar-refractivity contribution in [2.45, 2.75) is 6.92 Å². The molecular weight excluding hydrogens is 120 g/mol. The second-order valence-electron chi connectivity index (χ2n) is 1.65. The van der Waals surface area contributed by atoms with E-state index in [1.54, 1.807) is 14.0 Å². The van der Waals surface area contributed by atoms with Crippen LogP contribution in [0.4, 0.5) is 0 Å². The van der Waals surface area contributed by atoms with E-state index in [1.165, 1.54) is 4.68 Å². The zero-order valence-corrected chi connectivity index (χ0v) is 5.20. The van der Waals surface area contributed by atoms with E-state index in [0.29, 0.717) is 5.82 Å². The van der Waals surface area contributed by atoms with Crippen LogP contribution in [0, 0.1) is 6.92 Å². The molecule has 5 heteroatoms. The van der Waals surface area contributed by atoms with Gasteiger partial charge in [0.2, 0.25) is 0 Å². The van der Waals surface area contributed by atoms with Gasteiger partial charge in [0.1, 0.15) is 5.82 Å². The number of hydrogen-bond acceptors (Lipinski definition) is 4. The fraction of sp³-hybridized carbons (Fsp3) is 0.500. The Morgan fingerprint density at radius 2 is 2.22 bits per heavy atom. The van der Waals surface area contributed by atoms with Gasteiger partial charge in [0.15, 0.2) is 0 Å². The second kappa shape index (κ2) is 1.93. The normalized spacial score (nSPS) is 9.56. The molecule has 1 rings (SSSR count). The van der Waals surface area contributed by atoms with Crippen LogP contribution >= 0.6 is 0 Å². The Bertz CT molecular complexity index is 266. The molecule has 0 unspecified atom stereocenters. The van der Waals surface area contributed by atoms with Crippen LogP contribution in [0.1, 0.15) is 5.82 Å². The lowest BCUT2D eigenvalue weighted by Gasteiger charge is -1.94. The molecule has 1 aromatic rings. The molecule has 0 radical (unpaired) electrons. The fourth-order valence-corrected chi connectivity index (χ4v) is 0.403. The predicted octanol–water partition coefficient (Wildman–Crippen LogP) is -1.12. The van der Waals surface area contributed by atoms with Crippen molar-refractivity contribution in [2.75, 3.05) is 0 Å². The first-order chi connectivity index (χ1) is 4.20. The van der Waals surface area contributed by atoms with Gasteiger partial charge in [0.25, 0.3) is 0 Å². The third-order valence-corrected chi connectivity index (χ3v) is 0.990. The molecule has 0 atom stereocenters. The van der Waals surface area contributed by atoms with Gasteiger partial charge in [-0.05, 0) is 6.92 Å². The molecule has 48 valence electrons. The van der Waals surface area contributed by atoms with E-state index in [0.717, 1.165) is 0 Å². The lowest BCUT2D eigenvalue weighted by atomic mass is 10.7. The average molecular weight is 126 g/mol. The van der Waals surface area contributed by atoms with Crippen LogP contribution in [0.15, 0.2) is 4.79 Å². The van der Waals surface area contributed by atoms with Gasteiger partial charge in [0, 0.05) is 7.05 Å². The van der Waals surface area contributed by atoms with Crippen molar-refractivity contribution in [3.63, 3.8) is 0 Å².